The van der Waals surface area contributed by atoms with Crippen molar-refractivity contribution in [3.05, 3.63) is 29.6 Å². The molecule has 1 N–H and O–H groups in total. The Bertz CT molecular complexity index is 645. The maximum atomic E-state index is 11.1. The first-order chi connectivity index (χ1) is 9.06. The number of carbonyl (C=O) groups is 1. The lowest BCUT2D eigenvalue weighted by Crippen LogP contribution is -2.10. The zero-order chi connectivity index (χ0) is 13.6. The molecule has 3 rings (SSSR count). The van der Waals surface area contributed by atoms with Gasteiger partial charge in [-0.1, -0.05) is 6.07 Å². The van der Waals surface area contributed by atoms with E-state index in [2.05, 4.69) is 29.7 Å². The largest absolute Gasteiger partial charge is 0.481 e. The van der Waals surface area contributed by atoms with E-state index in [1.807, 2.05) is 7.05 Å². The highest BCUT2D eigenvalue weighted by atomic mass is 16.4. The molecule has 4 nitrogen and oxygen atoms in total. The van der Waals surface area contributed by atoms with Gasteiger partial charge in [-0.3, -0.25) is 4.79 Å². The molecular formula is C15H18N2O2. The molecule has 1 saturated carbocycles. The highest BCUT2D eigenvalue weighted by Crippen LogP contribution is 2.38. The fraction of sp³-hybridized carbons (Fsp3) is 0.467. The van der Waals surface area contributed by atoms with Gasteiger partial charge in [0.2, 0.25) is 0 Å². The van der Waals surface area contributed by atoms with Crippen molar-refractivity contribution in [2.75, 3.05) is 0 Å². The number of nitrogens with zero attached hydrogens (tertiary/aromatic N) is 2. The Morgan fingerprint density at radius 1 is 1.42 bits per heavy atom. The monoisotopic (exact) mass is 258 g/mol. The Labute approximate surface area is 112 Å². The first-order valence-electron chi connectivity index (χ1n) is 6.72. The molecule has 0 saturated heterocycles. The molecule has 2 atom stereocenters. The topological polar surface area (TPSA) is 55.1 Å². The molecule has 0 aliphatic heterocycles. The van der Waals surface area contributed by atoms with Gasteiger partial charge in [0.15, 0.2) is 0 Å². The highest BCUT2D eigenvalue weighted by Gasteiger charge is 2.33. The fourth-order valence-corrected chi connectivity index (χ4v) is 3.13. The number of aryl methyl sites for hydroxylation is 2. The molecule has 1 aliphatic rings. The van der Waals surface area contributed by atoms with Gasteiger partial charge in [0.05, 0.1) is 17.0 Å². The van der Waals surface area contributed by atoms with Crippen molar-refractivity contribution in [2.24, 2.45) is 13.0 Å². The Hall–Kier alpha value is -1.84. The summed E-state index contributed by atoms with van der Waals surface area (Å²) in [5.41, 5.74) is 3.34. The fourth-order valence-electron chi connectivity index (χ4n) is 3.13. The second-order valence-electron chi connectivity index (χ2n) is 5.57. The van der Waals surface area contributed by atoms with Crippen molar-refractivity contribution >= 4 is 17.0 Å². The van der Waals surface area contributed by atoms with E-state index >= 15 is 0 Å². The molecule has 2 unspecified atom stereocenters. The van der Waals surface area contributed by atoms with Gasteiger partial charge in [-0.2, -0.15) is 0 Å². The van der Waals surface area contributed by atoms with Crippen LogP contribution >= 0.6 is 0 Å². The average Bonchev–Trinajstić information content (AvgIpc) is 2.94. The molecule has 1 heterocycles. The van der Waals surface area contributed by atoms with E-state index in [4.69, 9.17) is 10.1 Å². The summed E-state index contributed by atoms with van der Waals surface area (Å²) in [6.45, 7) is 2.06. The van der Waals surface area contributed by atoms with E-state index in [-0.39, 0.29) is 11.8 Å². The van der Waals surface area contributed by atoms with Crippen LogP contribution in [0.5, 0.6) is 0 Å². The van der Waals surface area contributed by atoms with Crippen LogP contribution in [-0.4, -0.2) is 20.6 Å². The van der Waals surface area contributed by atoms with Crippen LogP contribution in [0.1, 0.15) is 36.6 Å². The zero-order valence-corrected chi connectivity index (χ0v) is 11.3. The molecule has 1 aromatic carbocycles. The minimum absolute atomic E-state index is 0.202. The van der Waals surface area contributed by atoms with Crippen molar-refractivity contribution in [3.8, 4) is 0 Å². The van der Waals surface area contributed by atoms with Crippen molar-refractivity contribution in [1.29, 1.82) is 0 Å². The van der Waals surface area contributed by atoms with Crippen LogP contribution in [0, 0.1) is 12.8 Å². The SMILES string of the molecule is Cc1ccc2c(c1)nc(C1CCC(C(=O)O)C1)n2C. The van der Waals surface area contributed by atoms with Crippen molar-refractivity contribution in [3.63, 3.8) is 0 Å². The number of carboxylic acids is 1. The van der Waals surface area contributed by atoms with Gasteiger partial charge in [-0.15, -0.1) is 0 Å². The maximum absolute atomic E-state index is 11.1. The van der Waals surface area contributed by atoms with E-state index in [1.165, 1.54) is 5.56 Å². The molecule has 4 heteroatoms. The van der Waals surface area contributed by atoms with Crippen LogP contribution in [0.3, 0.4) is 0 Å². The summed E-state index contributed by atoms with van der Waals surface area (Å²) in [6, 6.07) is 6.26. The minimum atomic E-state index is -0.669. The summed E-state index contributed by atoms with van der Waals surface area (Å²) in [5.74, 6) is 0.437. The number of carboxylic acid groups (broad SMARTS) is 1. The summed E-state index contributed by atoms with van der Waals surface area (Å²) in [5, 5.41) is 9.10. The third kappa shape index (κ3) is 2.01. The standard InChI is InChI=1S/C15H18N2O2/c1-9-3-6-13-12(7-9)16-14(17(13)2)10-4-5-11(8-10)15(18)19/h3,6-7,10-11H,4-5,8H2,1-2H3,(H,18,19). The van der Waals surface area contributed by atoms with Crippen LogP contribution in [-0.2, 0) is 11.8 Å². The summed E-state index contributed by atoms with van der Waals surface area (Å²) in [4.78, 5) is 15.8. The van der Waals surface area contributed by atoms with E-state index in [0.717, 1.165) is 29.7 Å². The summed E-state index contributed by atoms with van der Waals surface area (Å²) in [7, 11) is 2.02. The van der Waals surface area contributed by atoms with Crippen LogP contribution < -0.4 is 0 Å². The van der Waals surface area contributed by atoms with Crippen LogP contribution in [0.25, 0.3) is 11.0 Å². The molecular weight excluding hydrogens is 240 g/mol. The van der Waals surface area contributed by atoms with E-state index in [1.54, 1.807) is 0 Å². The second-order valence-corrected chi connectivity index (χ2v) is 5.57. The predicted octanol–water partition coefficient (Wildman–Crippen LogP) is 2.85. The lowest BCUT2D eigenvalue weighted by atomic mass is 10.0. The van der Waals surface area contributed by atoms with Gasteiger partial charge in [-0.25, -0.2) is 4.98 Å². The molecule has 0 radical (unpaired) electrons. The number of imidazole rings is 1. The number of benzene rings is 1. The van der Waals surface area contributed by atoms with Gasteiger partial charge < -0.3 is 9.67 Å². The highest BCUT2D eigenvalue weighted by molar-refractivity contribution is 5.77. The summed E-state index contributed by atoms with van der Waals surface area (Å²) in [6.07, 6.45) is 2.40. The van der Waals surface area contributed by atoms with Crippen molar-refractivity contribution in [2.45, 2.75) is 32.1 Å². The number of aromatic nitrogens is 2. The van der Waals surface area contributed by atoms with Crippen molar-refractivity contribution in [1.82, 2.24) is 9.55 Å². The number of rotatable bonds is 2. The number of hydrogen-bond donors (Lipinski definition) is 1. The molecule has 1 aliphatic carbocycles. The summed E-state index contributed by atoms with van der Waals surface area (Å²) >= 11 is 0. The number of hydrogen-bond acceptors (Lipinski definition) is 2. The molecule has 2 aromatic rings. The normalized spacial score (nSPS) is 23.1. The van der Waals surface area contributed by atoms with Crippen LogP contribution in [0.15, 0.2) is 18.2 Å². The molecule has 19 heavy (non-hydrogen) atoms. The molecule has 1 aromatic heterocycles. The van der Waals surface area contributed by atoms with Gasteiger partial charge in [0, 0.05) is 13.0 Å². The lowest BCUT2D eigenvalue weighted by molar-refractivity contribution is -0.141. The predicted molar refractivity (Wildman–Crippen MR) is 73.2 cm³/mol. The third-order valence-electron chi connectivity index (χ3n) is 4.22. The van der Waals surface area contributed by atoms with Crippen molar-refractivity contribution < 1.29 is 9.90 Å². The quantitative estimate of drug-likeness (QED) is 0.901. The van der Waals surface area contributed by atoms with E-state index in [9.17, 15) is 4.79 Å². The van der Waals surface area contributed by atoms with E-state index in [0.29, 0.717) is 6.42 Å². The average molecular weight is 258 g/mol. The molecule has 1 fully saturated rings. The minimum Gasteiger partial charge on any atom is -0.481 e. The molecule has 0 bridgehead atoms. The second kappa shape index (κ2) is 4.37. The van der Waals surface area contributed by atoms with Gasteiger partial charge in [0.25, 0.3) is 0 Å². The van der Waals surface area contributed by atoms with Gasteiger partial charge >= 0.3 is 5.97 Å². The molecule has 0 amide bonds. The Kier molecular flexibility index (Phi) is 2.81. The van der Waals surface area contributed by atoms with Crippen LogP contribution in [0.4, 0.5) is 0 Å². The first-order valence-corrected chi connectivity index (χ1v) is 6.72. The Balaban J connectivity index is 1.97. The number of aliphatic carboxylic acids is 1. The lowest BCUT2D eigenvalue weighted by Gasteiger charge is -2.09. The Morgan fingerprint density at radius 2 is 2.21 bits per heavy atom. The van der Waals surface area contributed by atoms with E-state index < -0.39 is 5.97 Å². The first kappa shape index (κ1) is 12.2. The van der Waals surface area contributed by atoms with Gasteiger partial charge in [-0.05, 0) is 43.9 Å². The maximum Gasteiger partial charge on any atom is 0.306 e. The molecule has 100 valence electrons. The molecule has 0 spiro atoms. The Morgan fingerprint density at radius 3 is 2.89 bits per heavy atom. The van der Waals surface area contributed by atoms with Crippen LogP contribution in [0.2, 0.25) is 0 Å². The third-order valence-corrected chi connectivity index (χ3v) is 4.22. The smallest absolute Gasteiger partial charge is 0.306 e. The zero-order valence-electron chi connectivity index (χ0n) is 11.3. The number of fused-ring (bicyclic) bond motifs is 1. The van der Waals surface area contributed by atoms with Gasteiger partial charge in [0.1, 0.15) is 5.82 Å². The summed E-state index contributed by atoms with van der Waals surface area (Å²) < 4.78 is 2.11.